The highest BCUT2D eigenvalue weighted by molar-refractivity contribution is 5.93. The van der Waals surface area contributed by atoms with Crippen LogP contribution in [0.2, 0.25) is 0 Å². The predicted molar refractivity (Wildman–Crippen MR) is 85.7 cm³/mol. The van der Waals surface area contributed by atoms with Crippen LogP contribution in [-0.4, -0.2) is 60.5 Å². The van der Waals surface area contributed by atoms with Crippen LogP contribution in [0.3, 0.4) is 0 Å². The van der Waals surface area contributed by atoms with Crippen molar-refractivity contribution in [2.75, 3.05) is 45.1 Å². The molecule has 5 nitrogen and oxygen atoms in total. The summed E-state index contributed by atoms with van der Waals surface area (Å²) < 4.78 is 0. The smallest absolute Gasteiger partial charge is 0.255 e. The molecule has 21 heavy (non-hydrogen) atoms. The second-order valence-corrected chi connectivity index (χ2v) is 5.63. The molecule has 0 unspecified atom stereocenters. The lowest BCUT2D eigenvalue weighted by molar-refractivity contribution is 0.0782. The van der Waals surface area contributed by atoms with E-state index in [1.807, 2.05) is 19.2 Å². The van der Waals surface area contributed by atoms with E-state index < -0.39 is 0 Å². The molecule has 1 N–H and O–H groups in total. The van der Waals surface area contributed by atoms with Crippen molar-refractivity contribution in [2.24, 2.45) is 0 Å². The van der Waals surface area contributed by atoms with E-state index in [1.54, 1.807) is 11.1 Å². The lowest BCUT2D eigenvalue weighted by Gasteiger charge is -2.21. The number of amides is 1. The van der Waals surface area contributed by atoms with Gasteiger partial charge in [-0.3, -0.25) is 4.79 Å². The van der Waals surface area contributed by atoms with Crippen LogP contribution in [0.25, 0.3) is 0 Å². The Bertz CT molecular complexity index is 440. The number of carbonyl (C=O) groups is 1. The molecule has 0 saturated carbocycles. The molecule has 1 saturated heterocycles. The normalized spacial score (nSPS) is 15.1. The Morgan fingerprint density at radius 3 is 2.76 bits per heavy atom. The third-order valence-electron chi connectivity index (χ3n) is 3.86. The Hall–Kier alpha value is -1.62. The maximum absolute atomic E-state index is 12.3. The highest BCUT2D eigenvalue weighted by Gasteiger charge is 2.15. The molecule has 1 aliphatic rings. The van der Waals surface area contributed by atoms with Crippen molar-refractivity contribution in [3.63, 3.8) is 0 Å². The number of pyridine rings is 1. The van der Waals surface area contributed by atoms with E-state index in [4.69, 9.17) is 0 Å². The molecule has 0 aromatic carbocycles. The van der Waals surface area contributed by atoms with Gasteiger partial charge in [0.25, 0.3) is 5.91 Å². The maximum atomic E-state index is 12.3. The molecule has 1 aromatic rings. The molecule has 5 heteroatoms. The number of anilines is 1. The molecule has 1 aromatic heterocycles. The molecule has 0 bridgehead atoms. The zero-order valence-corrected chi connectivity index (χ0v) is 13.1. The summed E-state index contributed by atoms with van der Waals surface area (Å²) in [5.74, 6) is 0.872. The second kappa shape index (κ2) is 7.98. The highest BCUT2D eigenvalue weighted by Crippen LogP contribution is 2.09. The van der Waals surface area contributed by atoms with E-state index in [9.17, 15) is 4.79 Å². The number of hydrogen-bond donors (Lipinski definition) is 1. The third-order valence-corrected chi connectivity index (χ3v) is 3.86. The zero-order chi connectivity index (χ0) is 15.1. The van der Waals surface area contributed by atoms with Gasteiger partial charge in [0.15, 0.2) is 0 Å². The molecule has 1 amide bonds. The topological polar surface area (TPSA) is 48.5 Å². The maximum Gasteiger partial charge on any atom is 0.255 e. The first-order valence-corrected chi connectivity index (χ1v) is 7.88. The van der Waals surface area contributed by atoms with Gasteiger partial charge in [-0.15, -0.1) is 0 Å². The van der Waals surface area contributed by atoms with Gasteiger partial charge in [0.2, 0.25) is 0 Å². The fourth-order valence-electron chi connectivity index (χ4n) is 2.50. The number of nitrogens with zero attached hydrogens (tertiary/aromatic N) is 3. The van der Waals surface area contributed by atoms with Crippen molar-refractivity contribution in [1.82, 2.24) is 14.8 Å². The van der Waals surface area contributed by atoms with Crippen molar-refractivity contribution < 1.29 is 4.79 Å². The summed E-state index contributed by atoms with van der Waals surface area (Å²) in [5.41, 5.74) is 0.654. The summed E-state index contributed by atoms with van der Waals surface area (Å²) in [5, 5.41) is 3.21. The van der Waals surface area contributed by atoms with Gasteiger partial charge in [0, 0.05) is 32.9 Å². The quantitative estimate of drug-likeness (QED) is 0.835. The molecule has 0 aliphatic carbocycles. The minimum atomic E-state index is 0.0451. The molecular formula is C16H26N4O. The molecule has 2 heterocycles. The van der Waals surface area contributed by atoms with Gasteiger partial charge in [-0.2, -0.15) is 0 Å². The summed E-state index contributed by atoms with van der Waals surface area (Å²) in [6.45, 7) is 7.08. The molecule has 0 spiro atoms. The van der Waals surface area contributed by atoms with E-state index >= 15 is 0 Å². The Balaban J connectivity index is 1.83. The summed E-state index contributed by atoms with van der Waals surface area (Å²) in [6, 6.07) is 3.72. The monoisotopic (exact) mass is 290 g/mol. The van der Waals surface area contributed by atoms with Crippen LogP contribution in [0, 0.1) is 0 Å². The molecule has 1 aliphatic heterocycles. The van der Waals surface area contributed by atoms with Crippen LogP contribution in [0.5, 0.6) is 0 Å². The van der Waals surface area contributed by atoms with Crippen molar-refractivity contribution in [2.45, 2.75) is 26.2 Å². The van der Waals surface area contributed by atoms with E-state index in [0.29, 0.717) is 5.56 Å². The van der Waals surface area contributed by atoms with Crippen molar-refractivity contribution in [1.29, 1.82) is 0 Å². The largest absolute Gasteiger partial charge is 0.370 e. The SMILES string of the molecule is CCCNc1ccc(C(=O)N(C)CCN2CCCC2)cn1. The standard InChI is InChI=1S/C16H26N4O/c1-3-8-17-15-7-6-14(13-18-15)16(21)19(2)11-12-20-9-4-5-10-20/h6-7,13H,3-5,8-12H2,1-2H3,(H,17,18). The van der Waals surface area contributed by atoms with Crippen LogP contribution < -0.4 is 5.32 Å². The first-order valence-electron chi connectivity index (χ1n) is 7.88. The number of rotatable bonds is 7. The lowest BCUT2D eigenvalue weighted by Crippen LogP contribution is -2.35. The average Bonchev–Trinajstić information content (AvgIpc) is 3.04. The van der Waals surface area contributed by atoms with Crippen molar-refractivity contribution in [3.05, 3.63) is 23.9 Å². The minimum Gasteiger partial charge on any atom is -0.370 e. The van der Waals surface area contributed by atoms with Gasteiger partial charge in [0.05, 0.1) is 5.56 Å². The molecule has 0 radical (unpaired) electrons. The van der Waals surface area contributed by atoms with Gasteiger partial charge in [-0.05, 0) is 44.5 Å². The number of likely N-dealkylation sites (N-methyl/N-ethyl adjacent to an activating group) is 1. The summed E-state index contributed by atoms with van der Waals surface area (Å²) >= 11 is 0. The van der Waals surface area contributed by atoms with Crippen LogP contribution in [0.1, 0.15) is 36.5 Å². The van der Waals surface area contributed by atoms with Crippen LogP contribution in [-0.2, 0) is 0 Å². The first kappa shape index (κ1) is 15.8. The van der Waals surface area contributed by atoms with E-state index in [-0.39, 0.29) is 5.91 Å². The summed E-state index contributed by atoms with van der Waals surface area (Å²) in [4.78, 5) is 20.8. The number of nitrogens with one attached hydrogen (secondary N) is 1. The fourth-order valence-corrected chi connectivity index (χ4v) is 2.50. The Morgan fingerprint density at radius 1 is 1.38 bits per heavy atom. The lowest BCUT2D eigenvalue weighted by atomic mass is 10.2. The zero-order valence-electron chi connectivity index (χ0n) is 13.1. The molecular weight excluding hydrogens is 264 g/mol. The van der Waals surface area contributed by atoms with Crippen LogP contribution in [0.15, 0.2) is 18.3 Å². The average molecular weight is 290 g/mol. The Morgan fingerprint density at radius 2 is 2.14 bits per heavy atom. The fraction of sp³-hybridized carbons (Fsp3) is 0.625. The number of aromatic nitrogens is 1. The molecule has 1 fully saturated rings. The van der Waals surface area contributed by atoms with E-state index in [1.165, 1.54) is 25.9 Å². The number of hydrogen-bond acceptors (Lipinski definition) is 4. The van der Waals surface area contributed by atoms with Crippen LogP contribution >= 0.6 is 0 Å². The highest BCUT2D eigenvalue weighted by atomic mass is 16.2. The minimum absolute atomic E-state index is 0.0451. The summed E-state index contributed by atoms with van der Waals surface area (Å²) in [6.07, 6.45) is 5.29. The van der Waals surface area contributed by atoms with Gasteiger partial charge in [-0.1, -0.05) is 6.92 Å². The van der Waals surface area contributed by atoms with Crippen molar-refractivity contribution >= 4 is 11.7 Å². The van der Waals surface area contributed by atoms with Crippen LogP contribution in [0.4, 0.5) is 5.82 Å². The molecule has 2 rings (SSSR count). The number of carbonyl (C=O) groups excluding carboxylic acids is 1. The molecule has 0 atom stereocenters. The summed E-state index contributed by atoms with van der Waals surface area (Å²) in [7, 11) is 1.86. The Labute approximate surface area is 127 Å². The Kier molecular flexibility index (Phi) is 5.99. The number of likely N-dealkylation sites (tertiary alicyclic amines) is 1. The second-order valence-electron chi connectivity index (χ2n) is 5.63. The molecule has 116 valence electrons. The third kappa shape index (κ3) is 4.70. The van der Waals surface area contributed by atoms with Gasteiger partial charge < -0.3 is 15.1 Å². The predicted octanol–water partition coefficient (Wildman–Crippen LogP) is 2.07. The van der Waals surface area contributed by atoms with Gasteiger partial charge >= 0.3 is 0 Å². The van der Waals surface area contributed by atoms with Gasteiger partial charge in [-0.25, -0.2) is 4.98 Å². The van der Waals surface area contributed by atoms with E-state index in [2.05, 4.69) is 22.1 Å². The van der Waals surface area contributed by atoms with Crippen molar-refractivity contribution in [3.8, 4) is 0 Å². The van der Waals surface area contributed by atoms with Gasteiger partial charge in [0.1, 0.15) is 5.82 Å². The first-order chi connectivity index (χ1) is 10.2. The van der Waals surface area contributed by atoms with E-state index in [0.717, 1.165) is 31.9 Å².